The van der Waals surface area contributed by atoms with Crippen molar-refractivity contribution in [1.29, 1.82) is 5.26 Å². The molecule has 0 aliphatic carbocycles. The fraction of sp³-hybridized carbons (Fsp3) is 0.333. The number of carbonyl (C=O) groups is 1. The number of nitriles is 1. The summed E-state index contributed by atoms with van der Waals surface area (Å²) in [5.74, 6) is -0.151. The summed E-state index contributed by atoms with van der Waals surface area (Å²) in [4.78, 5) is 16.0. The minimum Gasteiger partial charge on any atom is -0.379 e. The predicted octanol–water partition coefficient (Wildman–Crippen LogP) is 2.42. The second-order valence-corrected chi connectivity index (χ2v) is 6.56. The number of nitrogens with one attached hydrogen (secondary N) is 1. The molecular formula is C18H19N3O2S. The summed E-state index contributed by atoms with van der Waals surface area (Å²) in [6, 6.07) is 13.1. The molecule has 0 saturated carbocycles. The lowest BCUT2D eigenvalue weighted by molar-refractivity contribution is 0.0169. The van der Waals surface area contributed by atoms with E-state index in [0.717, 1.165) is 26.3 Å². The Morgan fingerprint density at radius 2 is 2.17 bits per heavy atom. The summed E-state index contributed by atoms with van der Waals surface area (Å²) >= 11 is 1.70. The monoisotopic (exact) mass is 341 g/mol. The van der Waals surface area contributed by atoms with Crippen LogP contribution in [0.2, 0.25) is 0 Å². The Balaban J connectivity index is 1.68. The Kier molecular flexibility index (Phi) is 5.59. The van der Waals surface area contributed by atoms with E-state index in [2.05, 4.69) is 27.7 Å². The molecule has 24 heavy (non-hydrogen) atoms. The van der Waals surface area contributed by atoms with Gasteiger partial charge in [-0.2, -0.15) is 5.26 Å². The van der Waals surface area contributed by atoms with Crippen LogP contribution in [0.3, 0.4) is 0 Å². The third kappa shape index (κ3) is 4.01. The van der Waals surface area contributed by atoms with Crippen LogP contribution < -0.4 is 5.32 Å². The number of amides is 1. The lowest BCUT2D eigenvalue weighted by atomic mass is 10.1. The fourth-order valence-electron chi connectivity index (χ4n) is 2.80. The van der Waals surface area contributed by atoms with E-state index < -0.39 is 0 Å². The van der Waals surface area contributed by atoms with Gasteiger partial charge in [-0.1, -0.05) is 12.1 Å². The smallest absolute Gasteiger partial charge is 0.251 e. The minimum atomic E-state index is -0.151. The molecule has 1 saturated heterocycles. The van der Waals surface area contributed by atoms with Crippen LogP contribution >= 0.6 is 11.3 Å². The second-order valence-electron chi connectivity index (χ2n) is 5.58. The van der Waals surface area contributed by atoms with Gasteiger partial charge in [-0.25, -0.2) is 0 Å². The molecule has 2 aromatic rings. The third-order valence-electron chi connectivity index (χ3n) is 4.07. The molecule has 0 bridgehead atoms. The third-order valence-corrected chi connectivity index (χ3v) is 5.04. The average Bonchev–Trinajstić information content (AvgIpc) is 3.17. The Labute approximate surface area is 145 Å². The number of hydrogen-bond acceptors (Lipinski definition) is 5. The fourth-order valence-corrected chi connectivity index (χ4v) is 3.66. The number of benzene rings is 1. The van der Waals surface area contributed by atoms with Crippen LogP contribution in [-0.2, 0) is 4.74 Å². The van der Waals surface area contributed by atoms with E-state index in [4.69, 9.17) is 10.00 Å². The van der Waals surface area contributed by atoms with Gasteiger partial charge in [0.1, 0.15) is 0 Å². The van der Waals surface area contributed by atoms with E-state index in [1.165, 1.54) is 4.88 Å². The van der Waals surface area contributed by atoms with Crippen molar-refractivity contribution in [3.8, 4) is 6.07 Å². The average molecular weight is 341 g/mol. The van der Waals surface area contributed by atoms with Gasteiger partial charge in [0.2, 0.25) is 0 Å². The predicted molar refractivity (Wildman–Crippen MR) is 92.9 cm³/mol. The maximum Gasteiger partial charge on any atom is 0.251 e. The van der Waals surface area contributed by atoms with E-state index in [1.807, 2.05) is 6.07 Å². The lowest BCUT2D eigenvalue weighted by Gasteiger charge is -2.34. The Hall–Kier alpha value is -2.20. The minimum absolute atomic E-state index is 0.150. The Bertz CT molecular complexity index is 718. The summed E-state index contributed by atoms with van der Waals surface area (Å²) in [6.07, 6.45) is 0. The van der Waals surface area contributed by atoms with Gasteiger partial charge in [-0.15, -0.1) is 11.3 Å². The highest BCUT2D eigenvalue weighted by atomic mass is 32.1. The zero-order valence-electron chi connectivity index (χ0n) is 13.3. The van der Waals surface area contributed by atoms with E-state index in [9.17, 15) is 4.79 Å². The van der Waals surface area contributed by atoms with Crippen molar-refractivity contribution < 1.29 is 9.53 Å². The number of ether oxygens (including phenoxy) is 1. The van der Waals surface area contributed by atoms with E-state index >= 15 is 0 Å². The molecular weight excluding hydrogens is 322 g/mol. The number of carbonyl (C=O) groups excluding carboxylic acids is 1. The van der Waals surface area contributed by atoms with Crippen molar-refractivity contribution in [2.24, 2.45) is 0 Å². The lowest BCUT2D eigenvalue weighted by Crippen LogP contribution is -2.43. The number of nitrogens with zero attached hydrogens (tertiary/aromatic N) is 2. The van der Waals surface area contributed by atoms with Gasteiger partial charge in [0.05, 0.1) is 30.9 Å². The maximum atomic E-state index is 12.4. The Morgan fingerprint density at radius 3 is 2.88 bits per heavy atom. The molecule has 1 atom stereocenters. The van der Waals surface area contributed by atoms with Crippen molar-refractivity contribution in [3.05, 3.63) is 57.8 Å². The standard InChI is InChI=1S/C18H19N3O2S/c19-12-14-3-1-4-15(11-14)18(22)20-13-16(17-5-2-10-24-17)21-6-8-23-9-7-21/h1-5,10-11,16H,6-9,13H2,(H,20,22)/t16-/m0/s1. The van der Waals surface area contributed by atoms with E-state index in [1.54, 1.807) is 35.6 Å². The quantitative estimate of drug-likeness (QED) is 0.907. The first-order valence-corrected chi connectivity index (χ1v) is 8.79. The molecule has 124 valence electrons. The largest absolute Gasteiger partial charge is 0.379 e. The summed E-state index contributed by atoms with van der Waals surface area (Å²) in [5, 5.41) is 14.0. The molecule has 1 N–H and O–H groups in total. The van der Waals surface area contributed by atoms with E-state index in [-0.39, 0.29) is 11.9 Å². The van der Waals surface area contributed by atoms with Crippen LogP contribution in [-0.4, -0.2) is 43.7 Å². The van der Waals surface area contributed by atoms with Gasteiger partial charge in [0.15, 0.2) is 0 Å². The number of thiophene rings is 1. The van der Waals surface area contributed by atoms with Crippen molar-refractivity contribution in [1.82, 2.24) is 10.2 Å². The van der Waals surface area contributed by atoms with Gasteiger partial charge in [-0.3, -0.25) is 9.69 Å². The molecule has 3 rings (SSSR count). The molecule has 6 heteroatoms. The number of hydrogen-bond donors (Lipinski definition) is 1. The number of morpholine rings is 1. The molecule has 1 aromatic carbocycles. The summed E-state index contributed by atoms with van der Waals surface area (Å²) in [5.41, 5.74) is 1.01. The zero-order valence-corrected chi connectivity index (χ0v) is 14.1. The highest BCUT2D eigenvalue weighted by molar-refractivity contribution is 7.10. The van der Waals surface area contributed by atoms with Crippen LogP contribution in [0.25, 0.3) is 0 Å². The summed E-state index contributed by atoms with van der Waals surface area (Å²) in [7, 11) is 0. The summed E-state index contributed by atoms with van der Waals surface area (Å²) < 4.78 is 5.43. The van der Waals surface area contributed by atoms with Crippen molar-refractivity contribution in [2.45, 2.75) is 6.04 Å². The molecule has 1 amide bonds. The van der Waals surface area contributed by atoms with Crippen LogP contribution in [0.4, 0.5) is 0 Å². The van der Waals surface area contributed by atoms with Gasteiger partial charge in [0, 0.05) is 30.1 Å². The second kappa shape index (κ2) is 8.06. The Morgan fingerprint density at radius 1 is 1.33 bits per heavy atom. The van der Waals surface area contributed by atoms with Crippen molar-refractivity contribution in [2.75, 3.05) is 32.8 Å². The zero-order chi connectivity index (χ0) is 16.8. The first-order chi connectivity index (χ1) is 11.8. The van der Waals surface area contributed by atoms with Crippen LogP contribution in [0.5, 0.6) is 0 Å². The highest BCUT2D eigenvalue weighted by Crippen LogP contribution is 2.25. The van der Waals surface area contributed by atoms with Crippen LogP contribution in [0.15, 0.2) is 41.8 Å². The molecule has 2 heterocycles. The highest BCUT2D eigenvalue weighted by Gasteiger charge is 2.24. The van der Waals surface area contributed by atoms with E-state index in [0.29, 0.717) is 17.7 Å². The molecule has 1 aliphatic rings. The first-order valence-electron chi connectivity index (χ1n) is 7.91. The topological polar surface area (TPSA) is 65.4 Å². The SMILES string of the molecule is N#Cc1cccc(C(=O)NC[C@@H](c2cccs2)N2CCOCC2)c1. The van der Waals surface area contributed by atoms with Crippen LogP contribution in [0, 0.1) is 11.3 Å². The molecule has 0 unspecified atom stereocenters. The normalized spacial score (nSPS) is 16.3. The van der Waals surface area contributed by atoms with Crippen molar-refractivity contribution in [3.63, 3.8) is 0 Å². The molecule has 1 aliphatic heterocycles. The molecule has 0 radical (unpaired) electrons. The molecule has 1 aromatic heterocycles. The van der Waals surface area contributed by atoms with Gasteiger partial charge in [-0.05, 0) is 29.6 Å². The van der Waals surface area contributed by atoms with Crippen LogP contribution in [0.1, 0.15) is 26.8 Å². The molecule has 5 nitrogen and oxygen atoms in total. The van der Waals surface area contributed by atoms with Gasteiger partial charge in [0.25, 0.3) is 5.91 Å². The maximum absolute atomic E-state index is 12.4. The van der Waals surface area contributed by atoms with Gasteiger partial charge >= 0.3 is 0 Å². The first kappa shape index (κ1) is 16.7. The number of rotatable bonds is 5. The molecule has 1 fully saturated rings. The van der Waals surface area contributed by atoms with Gasteiger partial charge < -0.3 is 10.1 Å². The van der Waals surface area contributed by atoms with Crippen molar-refractivity contribution >= 4 is 17.2 Å². The molecule has 0 spiro atoms. The summed E-state index contributed by atoms with van der Waals surface area (Å²) in [6.45, 7) is 3.71.